The molecule has 0 amide bonds. The van der Waals surface area contributed by atoms with Gasteiger partial charge in [0.1, 0.15) is 0 Å². The summed E-state index contributed by atoms with van der Waals surface area (Å²) in [7, 11) is 0. The average Bonchev–Trinajstić information content (AvgIpc) is 3.03. The summed E-state index contributed by atoms with van der Waals surface area (Å²) in [5.74, 6) is 0. The van der Waals surface area contributed by atoms with Crippen molar-refractivity contribution in [2.45, 2.75) is 32.4 Å². The lowest BCUT2D eigenvalue weighted by Gasteiger charge is -2.20. The largest absolute Gasteiger partial charge is 0.296 e. The quantitative estimate of drug-likeness (QED) is 0.829. The highest BCUT2D eigenvalue weighted by Gasteiger charge is 2.22. The van der Waals surface area contributed by atoms with E-state index < -0.39 is 0 Å². The summed E-state index contributed by atoms with van der Waals surface area (Å²) < 4.78 is 0. The van der Waals surface area contributed by atoms with Crippen molar-refractivity contribution in [1.82, 2.24) is 9.88 Å². The van der Waals surface area contributed by atoms with Gasteiger partial charge in [0, 0.05) is 22.8 Å². The zero-order valence-electron chi connectivity index (χ0n) is 10.2. The molecule has 0 saturated carbocycles. The summed E-state index contributed by atoms with van der Waals surface area (Å²) in [4.78, 5) is 9.60. The highest BCUT2D eigenvalue weighted by molar-refractivity contribution is 7.15. The van der Waals surface area contributed by atoms with Crippen LogP contribution >= 0.6 is 34.3 Å². The number of nitrogens with zero attached hydrogens (tertiary/aromatic N) is 2. The molecule has 2 aromatic heterocycles. The zero-order chi connectivity index (χ0) is 12.5. The number of thiazole rings is 1. The molecule has 1 aliphatic rings. The van der Waals surface area contributed by atoms with E-state index in [4.69, 9.17) is 11.6 Å². The molecule has 18 heavy (non-hydrogen) atoms. The second kappa shape index (κ2) is 5.29. The van der Waals surface area contributed by atoms with Crippen molar-refractivity contribution in [1.29, 1.82) is 0 Å². The minimum atomic E-state index is 0.701. The van der Waals surface area contributed by atoms with Gasteiger partial charge in [-0.1, -0.05) is 11.6 Å². The van der Waals surface area contributed by atoms with E-state index in [2.05, 4.69) is 16.8 Å². The van der Waals surface area contributed by atoms with Gasteiger partial charge in [-0.05, 0) is 32.4 Å². The third-order valence-corrected chi connectivity index (χ3v) is 5.58. The van der Waals surface area contributed by atoms with E-state index in [0.717, 1.165) is 17.3 Å². The fourth-order valence-corrected chi connectivity index (χ4v) is 4.40. The minimum Gasteiger partial charge on any atom is -0.296 e. The number of hydrogen-bond acceptors (Lipinski definition) is 4. The minimum absolute atomic E-state index is 0.701. The molecule has 2 aromatic rings. The molecule has 3 heterocycles. The molecule has 2 nitrogen and oxygen atoms in total. The number of thiophene rings is 1. The summed E-state index contributed by atoms with van der Waals surface area (Å²) in [5.41, 5.74) is 3.06. The third-order valence-electron chi connectivity index (χ3n) is 3.48. The van der Waals surface area contributed by atoms with Gasteiger partial charge in [0.2, 0.25) is 0 Å². The number of hydrogen-bond donors (Lipinski definition) is 0. The Morgan fingerprint density at radius 1 is 1.50 bits per heavy atom. The maximum Gasteiger partial charge on any atom is 0.0956 e. The fourth-order valence-electron chi connectivity index (χ4n) is 2.43. The molecule has 0 radical (unpaired) electrons. The zero-order valence-corrected chi connectivity index (χ0v) is 12.6. The van der Waals surface area contributed by atoms with Crippen molar-refractivity contribution in [2.75, 3.05) is 6.54 Å². The van der Waals surface area contributed by atoms with Crippen molar-refractivity contribution in [3.63, 3.8) is 0 Å². The number of rotatable bonds is 3. The molecular weight excluding hydrogens is 284 g/mol. The van der Waals surface area contributed by atoms with Gasteiger partial charge >= 0.3 is 0 Å². The molecule has 0 unspecified atom stereocenters. The summed E-state index contributed by atoms with van der Waals surface area (Å²) in [6.45, 7) is 4.55. The van der Waals surface area contributed by atoms with Crippen LogP contribution in [0, 0.1) is 0 Å². The molecule has 96 valence electrons. The normalized spacial score (nSPS) is 20.7. The Hall–Kier alpha value is -0.420. The van der Waals surface area contributed by atoms with Crippen LogP contribution in [0.4, 0.5) is 0 Å². The first-order valence-corrected chi connectivity index (χ1v) is 8.28. The molecular formula is C13H15ClN2S2. The Kier molecular flexibility index (Phi) is 3.71. The van der Waals surface area contributed by atoms with Crippen LogP contribution < -0.4 is 0 Å². The molecule has 1 fully saturated rings. The molecule has 0 aromatic carbocycles. The van der Waals surface area contributed by atoms with Gasteiger partial charge in [-0.15, -0.1) is 22.7 Å². The molecule has 0 aliphatic carbocycles. The summed E-state index contributed by atoms with van der Waals surface area (Å²) >= 11 is 9.43. The lowest BCUT2D eigenvalue weighted by molar-refractivity contribution is 0.263. The van der Waals surface area contributed by atoms with Gasteiger partial charge in [0.15, 0.2) is 0 Å². The maximum atomic E-state index is 6.00. The van der Waals surface area contributed by atoms with Gasteiger partial charge in [-0.25, -0.2) is 4.98 Å². The van der Waals surface area contributed by atoms with E-state index >= 15 is 0 Å². The summed E-state index contributed by atoms with van der Waals surface area (Å²) in [6, 6.07) is 2.71. The second-order valence-electron chi connectivity index (χ2n) is 4.72. The van der Waals surface area contributed by atoms with Crippen LogP contribution in [0.25, 0.3) is 10.6 Å². The van der Waals surface area contributed by atoms with Crippen LogP contribution in [0.1, 0.15) is 24.6 Å². The first-order valence-electron chi connectivity index (χ1n) is 6.15. The number of likely N-dealkylation sites (tertiary alicyclic amines) is 1. The maximum absolute atomic E-state index is 6.00. The predicted octanol–water partition coefficient (Wildman–Crippen LogP) is 4.51. The molecule has 5 heteroatoms. The van der Waals surface area contributed by atoms with Crippen molar-refractivity contribution < 1.29 is 0 Å². The standard InChI is InChI=1S/C13H15ClN2S2/c1-9-3-2-4-16(9)6-12-13(15-8-18-12)11-5-10(14)7-17-11/h5,7-9H,2-4,6H2,1H3/t9-/m1/s1. The first-order chi connectivity index (χ1) is 8.74. The number of halogens is 1. The van der Waals surface area contributed by atoms with Crippen LogP contribution in [0.15, 0.2) is 17.0 Å². The molecule has 3 rings (SSSR count). The Bertz CT molecular complexity index is 535. The summed E-state index contributed by atoms with van der Waals surface area (Å²) in [5, 5.41) is 2.78. The highest BCUT2D eigenvalue weighted by Crippen LogP contribution is 2.34. The monoisotopic (exact) mass is 298 g/mol. The average molecular weight is 299 g/mol. The molecule has 1 saturated heterocycles. The van der Waals surface area contributed by atoms with E-state index in [-0.39, 0.29) is 0 Å². The molecule has 0 bridgehead atoms. The lowest BCUT2D eigenvalue weighted by Crippen LogP contribution is -2.25. The molecule has 1 aliphatic heterocycles. The van der Waals surface area contributed by atoms with Gasteiger partial charge in [0.25, 0.3) is 0 Å². The van der Waals surface area contributed by atoms with Crippen LogP contribution in [0.5, 0.6) is 0 Å². The van der Waals surface area contributed by atoms with Gasteiger partial charge in [-0.3, -0.25) is 4.90 Å². The Morgan fingerprint density at radius 3 is 3.06 bits per heavy atom. The van der Waals surface area contributed by atoms with E-state index in [1.165, 1.54) is 29.1 Å². The second-order valence-corrected chi connectivity index (χ2v) is 7.00. The Balaban J connectivity index is 1.83. The highest BCUT2D eigenvalue weighted by atomic mass is 35.5. The van der Waals surface area contributed by atoms with Crippen molar-refractivity contribution in [3.8, 4) is 10.6 Å². The van der Waals surface area contributed by atoms with Gasteiger partial charge in [0.05, 0.1) is 21.1 Å². The Morgan fingerprint density at radius 2 is 2.39 bits per heavy atom. The van der Waals surface area contributed by atoms with Gasteiger partial charge < -0.3 is 0 Å². The van der Waals surface area contributed by atoms with Crippen molar-refractivity contribution >= 4 is 34.3 Å². The van der Waals surface area contributed by atoms with E-state index in [1.54, 1.807) is 22.7 Å². The first kappa shape index (κ1) is 12.6. The third kappa shape index (κ3) is 2.48. The van der Waals surface area contributed by atoms with E-state index in [9.17, 15) is 0 Å². The molecule has 1 atom stereocenters. The summed E-state index contributed by atoms with van der Waals surface area (Å²) in [6.07, 6.45) is 2.64. The van der Waals surface area contributed by atoms with Crippen LogP contribution in [0.2, 0.25) is 5.02 Å². The van der Waals surface area contributed by atoms with Crippen LogP contribution in [-0.4, -0.2) is 22.5 Å². The van der Waals surface area contributed by atoms with Crippen molar-refractivity contribution in [3.05, 3.63) is 26.9 Å². The van der Waals surface area contributed by atoms with Crippen LogP contribution in [0.3, 0.4) is 0 Å². The fraction of sp³-hybridized carbons (Fsp3) is 0.462. The topological polar surface area (TPSA) is 16.1 Å². The Labute approximate surface area is 120 Å². The predicted molar refractivity (Wildman–Crippen MR) is 79.5 cm³/mol. The SMILES string of the molecule is C[C@@H]1CCCN1Cc1scnc1-c1cc(Cl)cs1. The van der Waals surface area contributed by atoms with Crippen LogP contribution in [-0.2, 0) is 6.54 Å². The van der Waals surface area contributed by atoms with E-state index in [0.29, 0.717) is 6.04 Å². The van der Waals surface area contributed by atoms with Crippen molar-refractivity contribution in [2.24, 2.45) is 0 Å². The molecule has 0 spiro atoms. The van der Waals surface area contributed by atoms with Gasteiger partial charge in [-0.2, -0.15) is 0 Å². The number of aromatic nitrogens is 1. The smallest absolute Gasteiger partial charge is 0.0956 e. The molecule has 0 N–H and O–H groups in total. The lowest BCUT2D eigenvalue weighted by atomic mass is 10.2. The van der Waals surface area contributed by atoms with E-state index in [1.807, 2.05) is 17.0 Å².